The zero-order chi connectivity index (χ0) is 18.4. The van der Waals surface area contributed by atoms with Crippen LogP contribution in [0.3, 0.4) is 0 Å². The fourth-order valence-electron chi connectivity index (χ4n) is 1.84. The first-order valence-corrected chi connectivity index (χ1v) is 15.0. The highest BCUT2D eigenvalue weighted by molar-refractivity contribution is 6.72. The summed E-state index contributed by atoms with van der Waals surface area (Å²) >= 11 is 0. The molecule has 1 aromatic rings. The highest BCUT2D eigenvalue weighted by atomic mass is 28.4. The van der Waals surface area contributed by atoms with Crippen molar-refractivity contribution in [2.24, 2.45) is 5.16 Å². The van der Waals surface area contributed by atoms with Crippen molar-refractivity contribution in [3.63, 3.8) is 0 Å². The van der Waals surface area contributed by atoms with E-state index in [1.54, 1.807) is 0 Å². The maximum atomic E-state index is 12.3. The van der Waals surface area contributed by atoms with E-state index in [0.29, 0.717) is 13.0 Å². The Bertz CT molecular complexity index is 572. The zero-order valence-electron chi connectivity index (χ0n) is 15.8. The Balaban J connectivity index is 2.85. The van der Waals surface area contributed by atoms with Gasteiger partial charge in [0.2, 0.25) is 16.6 Å². The maximum absolute atomic E-state index is 12.3. The fraction of sp³-hybridized carbons (Fsp3) is 0.529. The molecular formula is C17H29NO4Si2. The van der Waals surface area contributed by atoms with Crippen LogP contribution in [-0.2, 0) is 20.5 Å². The Kier molecular flexibility index (Phi) is 7.22. The van der Waals surface area contributed by atoms with Gasteiger partial charge < -0.3 is 13.7 Å². The third-order valence-electron chi connectivity index (χ3n) is 2.66. The van der Waals surface area contributed by atoms with Crippen molar-refractivity contribution in [1.82, 2.24) is 0 Å². The first kappa shape index (κ1) is 20.4. The summed E-state index contributed by atoms with van der Waals surface area (Å²) in [6.45, 7) is 14.5. The number of carbonyl (C=O) groups excluding carboxylic acids is 1. The minimum atomic E-state index is -1.98. The summed E-state index contributed by atoms with van der Waals surface area (Å²) in [5, 5.41) is 3.94. The standard InChI is InChI=1S/C17H29NO4Si2/c1-8-20-18-16(17(19)22-24(5,6)7)13-14-9-11-15(12-10-14)21-23(2,3)4/h9-12H,8,13H2,1-7H3/b18-16-. The highest BCUT2D eigenvalue weighted by Gasteiger charge is 2.24. The molecule has 0 aromatic heterocycles. The average molecular weight is 368 g/mol. The molecule has 134 valence electrons. The summed E-state index contributed by atoms with van der Waals surface area (Å²) in [6, 6.07) is 7.74. The molecule has 0 spiro atoms. The molecule has 5 nitrogen and oxygen atoms in total. The number of oxime groups is 1. The van der Waals surface area contributed by atoms with Crippen molar-refractivity contribution in [3.8, 4) is 5.75 Å². The Hall–Kier alpha value is -1.61. The minimum Gasteiger partial charge on any atom is -0.544 e. The van der Waals surface area contributed by atoms with Crippen molar-refractivity contribution in [2.45, 2.75) is 52.6 Å². The second-order valence-electron chi connectivity index (χ2n) is 7.49. The number of hydrogen-bond acceptors (Lipinski definition) is 5. The van der Waals surface area contributed by atoms with Crippen LogP contribution in [0.1, 0.15) is 12.5 Å². The smallest absolute Gasteiger partial charge is 0.343 e. The SMILES string of the molecule is CCO/N=C(/Cc1ccc(O[Si](C)(C)C)cc1)C(=O)O[Si](C)(C)C. The van der Waals surface area contributed by atoms with Crippen molar-refractivity contribution in [2.75, 3.05) is 6.61 Å². The molecule has 0 aliphatic rings. The van der Waals surface area contributed by atoms with Gasteiger partial charge in [0, 0.05) is 6.42 Å². The van der Waals surface area contributed by atoms with Crippen molar-refractivity contribution in [3.05, 3.63) is 29.8 Å². The Morgan fingerprint density at radius 2 is 1.58 bits per heavy atom. The third kappa shape index (κ3) is 8.30. The average Bonchev–Trinajstić information content (AvgIpc) is 2.41. The monoisotopic (exact) mass is 367 g/mol. The van der Waals surface area contributed by atoms with E-state index in [4.69, 9.17) is 13.7 Å². The summed E-state index contributed by atoms with van der Waals surface area (Å²) in [5.41, 5.74) is 1.25. The van der Waals surface area contributed by atoms with Gasteiger partial charge in [0.1, 0.15) is 12.4 Å². The van der Waals surface area contributed by atoms with Crippen LogP contribution < -0.4 is 4.43 Å². The topological polar surface area (TPSA) is 57.1 Å². The number of benzene rings is 1. The molecule has 7 heteroatoms. The van der Waals surface area contributed by atoms with Crippen LogP contribution in [0.15, 0.2) is 29.4 Å². The van der Waals surface area contributed by atoms with Crippen LogP contribution in [0.2, 0.25) is 39.3 Å². The van der Waals surface area contributed by atoms with Crippen LogP contribution in [0, 0.1) is 0 Å². The molecular weight excluding hydrogens is 338 g/mol. The Labute approximate surface area is 147 Å². The lowest BCUT2D eigenvalue weighted by molar-refractivity contribution is -0.127. The van der Waals surface area contributed by atoms with Gasteiger partial charge in [0.25, 0.3) is 0 Å². The summed E-state index contributed by atoms with van der Waals surface area (Å²) in [5.74, 6) is 0.455. The molecule has 0 atom stereocenters. The molecule has 24 heavy (non-hydrogen) atoms. The molecule has 0 N–H and O–H groups in total. The second kappa shape index (κ2) is 8.48. The largest absolute Gasteiger partial charge is 0.544 e. The molecule has 0 aliphatic heterocycles. The van der Waals surface area contributed by atoms with Gasteiger partial charge in [-0.05, 0) is 63.9 Å². The van der Waals surface area contributed by atoms with Crippen LogP contribution >= 0.6 is 0 Å². The zero-order valence-corrected chi connectivity index (χ0v) is 17.8. The lowest BCUT2D eigenvalue weighted by atomic mass is 10.1. The van der Waals surface area contributed by atoms with Crippen LogP contribution in [0.4, 0.5) is 0 Å². The quantitative estimate of drug-likeness (QED) is 0.392. The summed E-state index contributed by atoms with van der Waals surface area (Å²) in [4.78, 5) is 17.4. The molecule has 0 radical (unpaired) electrons. The Morgan fingerprint density at radius 3 is 2.04 bits per heavy atom. The molecule has 0 amide bonds. The summed E-state index contributed by atoms with van der Waals surface area (Å²) in [6.07, 6.45) is 0.372. The van der Waals surface area contributed by atoms with Gasteiger partial charge >= 0.3 is 5.97 Å². The summed E-state index contributed by atoms with van der Waals surface area (Å²) in [7, 11) is -3.60. The lowest BCUT2D eigenvalue weighted by Gasteiger charge is -2.19. The van der Waals surface area contributed by atoms with Gasteiger partial charge in [-0.2, -0.15) is 0 Å². The van der Waals surface area contributed by atoms with E-state index in [1.807, 2.05) is 50.8 Å². The van der Waals surface area contributed by atoms with Gasteiger partial charge in [0.05, 0.1) is 0 Å². The number of nitrogens with zero attached hydrogens (tertiary/aromatic N) is 1. The van der Waals surface area contributed by atoms with Crippen molar-refractivity contribution < 1.29 is 18.5 Å². The minimum absolute atomic E-state index is 0.290. The normalized spacial score (nSPS) is 12.7. The van der Waals surface area contributed by atoms with E-state index in [1.165, 1.54) is 0 Å². The molecule has 0 aliphatic carbocycles. The van der Waals surface area contributed by atoms with Crippen LogP contribution in [-0.4, -0.2) is 34.9 Å². The highest BCUT2D eigenvalue weighted by Crippen LogP contribution is 2.17. The van der Waals surface area contributed by atoms with Gasteiger partial charge in [-0.1, -0.05) is 17.3 Å². The predicted molar refractivity (Wildman–Crippen MR) is 103 cm³/mol. The molecule has 0 heterocycles. The van der Waals surface area contributed by atoms with Gasteiger partial charge in [-0.3, -0.25) is 0 Å². The predicted octanol–water partition coefficient (Wildman–Crippen LogP) is 4.21. The molecule has 0 bridgehead atoms. The molecule has 1 aromatic carbocycles. The van der Waals surface area contributed by atoms with E-state index in [9.17, 15) is 4.79 Å². The van der Waals surface area contributed by atoms with Crippen molar-refractivity contribution in [1.29, 1.82) is 0 Å². The van der Waals surface area contributed by atoms with E-state index in [-0.39, 0.29) is 5.71 Å². The fourth-order valence-corrected chi connectivity index (χ4v) is 3.36. The summed E-state index contributed by atoms with van der Waals surface area (Å²) < 4.78 is 11.5. The molecule has 0 fully saturated rings. The maximum Gasteiger partial charge on any atom is 0.343 e. The molecule has 0 saturated heterocycles. The number of rotatable bonds is 8. The van der Waals surface area contributed by atoms with Gasteiger partial charge in [0.15, 0.2) is 5.71 Å². The van der Waals surface area contributed by atoms with Crippen LogP contribution in [0.5, 0.6) is 5.75 Å². The molecule has 0 saturated carbocycles. The van der Waals surface area contributed by atoms with Crippen molar-refractivity contribution >= 4 is 28.3 Å². The van der Waals surface area contributed by atoms with E-state index < -0.39 is 22.6 Å². The molecule has 1 rings (SSSR count). The third-order valence-corrected chi connectivity index (χ3v) is 4.30. The van der Waals surface area contributed by atoms with E-state index >= 15 is 0 Å². The molecule has 0 unspecified atom stereocenters. The Morgan fingerprint density at radius 1 is 1.00 bits per heavy atom. The second-order valence-corrected chi connectivity index (χ2v) is 16.4. The van der Waals surface area contributed by atoms with Gasteiger partial charge in [-0.25, -0.2) is 4.79 Å². The van der Waals surface area contributed by atoms with E-state index in [0.717, 1.165) is 11.3 Å². The number of hydrogen-bond donors (Lipinski definition) is 0. The lowest BCUT2D eigenvalue weighted by Crippen LogP contribution is -2.34. The first-order valence-electron chi connectivity index (χ1n) is 8.20. The van der Waals surface area contributed by atoms with Crippen LogP contribution in [0.25, 0.3) is 0 Å². The number of carbonyl (C=O) groups is 1. The van der Waals surface area contributed by atoms with Gasteiger partial charge in [-0.15, -0.1) is 0 Å². The van der Waals surface area contributed by atoms with E-state index in [2.05, 4.69) is 24.8 Å². The first-order chi connectivity index (χ1) is 11.0.